The van der Waals surface area contributed by atoms with E-state index >= 15 is 0 Å². The Morgan fingerprint density at radius 1 is 1.30 bits per heavy atom. The summed E-state index contributed by atoms with van der Waals surface area (Å²) in [5.74, 6) is 1.40. The van der Waals surface area contributed by atoms with Crippen molar-refractivity contribution in [1.29, 1.82) is 5.26 Å². The third-order valence-corrected chi connectivity index (χ3v) is 5.08. The summed E-state index contributed by atoms with van der Waals surface area (Å²) in [6.45, 7) is 2.04. The molecule has 0 amide bonds. The molecule has 4 aromatic rings. The summed E-state index contributed by atoms with van der Waals surface area (Å²) in [6, 6.07) is 12.0. The number of benzene rings is 2. The van der Waals surface area contributed by atoms with Gasteiger partial charge in [0.1, 0.15) is 17.5 Å². The highest BCUT2D eigenvalue weighted by atomic mass is 16.5. The minimum absolute atomic E-state index is 0.00850. The maximum Gasteiger partial charge on any atom is 0.181 e. The van der Waals surface area contributed by atoms with E-state index in [1.165, 1.54) is 17.5 Å². The van der Waals surface area contributed by atoms with Crippen molar-refractivity contribution in [2.45, 2.75) is 25.9 Å². The first-order valence-corrected chi connectivity index (χ1v) is 8.80. The summed E-state index contributed by atoms with van der Waals surface area (Å²) in [5.41, 5.74) is 5.87. The molecule has 1 N–H and O–H groups in total. The molecule has 0 spiro atoms. The van der Waals surface area contributed by atoms with Crippen molar-refractivity contribution in [1.82, 2.24) is 15.2 Å². The van der Waals surface area contributed by atoms with Gasteiger partial charge in [-0.25, -0.2) is 4.98 Å². The lowest BCUT2D eigenvalue weighted by molar-refractivity contribution is 0.207. The van der Waals surface area contributed by atoms with E-state index in [4.69, 9.17) is 9.15 Å². The Balaban J connectivity index is 1.50. The third kappa shape index (κ3) is 2.56. The number of aromatic amines is 1. The Hall–Kier alpha value is -3.59. The number of fused-ring (bicyclic) bond motifs is 2. The largest absolute Gasteiger partial charge is 0.486 e. The van der Waals surface area contributed by atoms with Gasteiger partial charge in [-0.15, -0.1) is 0 Å². The highest BCUT2D eigenvalue weighted by Crippen LogP contribution is 2.39. The average molecular weight is 356 g/mol. The molecule has 0 radical (unpaired) electrons. The number of aryl methyl sites for hydroxylation is 2. The second-order valence-corrected chi connectivity index (χ2v) is 6.77. The van der Waals surface area contributed by atoms with Crippen LogP contribution in [-0.4, -0.2) is 15.2 Å². The second-order valence-electron chi connectivity index (χ2n) is 6.77. The van der Waals surface area contributed by atoms with Gasteiger partial charge in [-0.2, -0.15) is 10.4 Å². The fourth-order valence-electron chi connectivity index (χ4n) is 3.90. The molecule has 27 heavy (non-hydrogen) atoms. The minimum atomic E-state index is -0.00850. The zero-order valence-electron chi connectivity index (χ0n) is 14.7. The van der Waals surface area contributed by atoms with Gasteiger partial charge >= 0.3 is 0 Å². The molecule has 0 aliphatic heterocycles. The molecule has 6 nitrogen and oxygen atoms in total. The average Bonchev–Trinajstić information content (AvgIpc) is 3.40. The Kier molecular flexibility index (Phi) is 3.47. The lowest BCUT2D eigenvalue weighted by Gasteiger charge is -2.17. The van der Waals surface area contributed by atoms with Crippen LogP contribution in [0.25, 0.3) is 22.4 Å². The molecule has 5 rings (SSSR count). The van der Waals surface area contributed by atoms with Crippen molar-refractivity contribution in [3.63, 3.8) is 0 Å². The Morgan fingerprint density at radius 3 is 3.04 bits per heavy atom. The molecule has 0 bridgehead atoms. The number of hydrogen-bond acceptors (Lipinski definition) is 5. The van der Waals surface area contributed by atoms with E-state index in [9.17, 15) is 5.26 Å². The van der Waals surface area contributed by atoms with Gasteiger partial charge in [-0.05, 0) is 66.8 Å². The van der Waals surface area contributed by atoms with Crippen LogP contribution in [0.5, 0.6) is 5.75 Å². The number of nitriles is 1. The van der Waals surface area contributed by atoms with E-state index < -0.39 is 0 Å². The number of oxazole rings is 1. The summed E-state index contributed by atoms with van der Waals surface area (Å²) in [7, 11) is 0. The number of ether oxygens (including phenoxy) is 1. The standard InChI is InChI=1S/C21H16N4O2/c1-12-6-13(9-22)7-14-2-5-18(20(12)14)27-15-3-4-17-16(8-15)21(25-24-17)19-10-23-11-26-19/h3-4,6-8,10-11,18H,2,5H2,1H3,(H,24,25). The maximum absolute atomic E-state index is 9.18. The third-order valence-electron chi connectivity index (χ3n) is 5.08. The van der Waals surface area contributed by atoms with Crippen molar-refractivity contribution >= 4 is 10.9 Å². The normalized spacial score (nSPS) is 15.6. The quantitative estimate of drug-likeness (QED) is 0.585. The number of aromatic nitrogens is 3. The second kappa shape index (κ2) is 5.99. The lowest BCUT2D eigenvalue weighted by atomic mass is 10.00. The molecule has 0 saturated carbocycles. The minimum Gasteiger partial charge on any atom is -0.486 e. The van der Waals surface area contributed by atoms with Gasteiger partial charge in [0.05, 0.1) is 23.3 Å². The molecule has 2 heterocycles. The highest BCUT2D eigenvalue weighted by molar-refractivity contribution is 5.92. The first-order valence-electron chi connectivity index (χ1n) is 8.80. The summed E-state index contributed by atoms with van der Waals surface area (Å²) < 4.78 is 11.7. The van der Waals surface area contributed by atoms with Crippen molar-refractivity contribution in [3.8, 4) is 23.3 Å². The lowest BCUT2D eigenvalue weighted by Crippen LogP contribution is -2.05. The Morgan fingerprint density at radius 2 is 2.22 bits per heavy atom. The van der Waals surface area contributed by atoms with Crippen LogP contribution < -0.4 is 4.74 Å². The zero-order chi connectivity index (χ0) is 18.4. The number of nitrogens with zero attached hydrogens (tertiary/aromatic N) is 3. The number of hydrogen-bond donors (Lipinski definition) is 1. The molecule has 1 atom stereocenters. The predicted octanol–water partition coefficient (Wildman–Crippen LogP) is 4.46. The smallest absolute Gasteiger partial charge is 0.181 e. The van der Waals surface area contributed by atoms with Crippen LogP contribution in [0.4, 0.5) is 0 Å². The molecule has 0 fully saturated rings. The summed E-state index contributed by atoms with van der Waals surface area (Å²) >= 11 is 0. The van der Waals surface area contributed by atoms with Crippen molar-refractivity contribution in [2.75, 3.05) is 0 Å². The first-order chi connectivity index (χ1) is 13.2. The topological polar surface area (TPSA) is 87.7 Å². The fraction of sp³-hybridized carbons (Fsp3) is 0.190. The Bertz CT molecular complexity index is 1190. The van der Waals surface area contributed by atoms with Gasteiger partial charge in [-0.3, -0.25) is 5.10 Å². The molecule has 1 aliphatic carbocycles. The van der Waals surface area contributed by atoms with Crippen LogP contribution in [0.15, 0.2) is 47.3 Å². The van der Waals surface area contributed by atoms with Gasteiger partial charge in [-0.1, -0.05) is 0 Å². The fourth-order valence-corrected chi connectivity index (χ4v) is 3.90. The van der Waals surface area contributed by atoms with Crippen LogP contribution in [-0.2, 0) is 6.42 Å². The molecule has 1 unspecified atom stereocenters. The van der Waals surface area contributed by atoms with E-state index in [1.54, 1.807) is 6.20 Å². The molecule has 2 aromatic heterocycles. The van der Waals surface area contributed by atoms with E-state index in [0.29, 0.717) is 11.3 Å². The van der Waals surface area contributed by atoms with Gasteiger partial charge < -0.3 is 9.15 Å². The van der Waals surface area contributed by atoms with E-state index in [0.717, 1.165) is 40.8 Å². The summed E-state index contributed by atoms with van der Waals surface area (Å²) in [4.78, 5) is 3.96. The van der Waals surface area contributed by atoms with Crippen molar-refractivity contribution in [3.05, 3.63) is 65.2 Å². The molecular formula is C21H16N4O2. The summed E-state index contributed by atoms with van der Waals surface area (Å²) in [5, 5.41) is 17.5. The number of rotatable bonds is 3. The predicted molar refractivity (Wildman–Crippen MR) is 99.2 cm³/mol. The van der Waals surface area contributed by atoms with E-state index in [2.05, 4.69) is 21.3 Å². The molecule has 132 valence electrons. The molecule has 6 heteroatoms. The van der Waals surface area contributed by atoms with E-state index in [-0.39, 0.29) is 6.10 Å². The van der Waals surface area contributed by atoms with Gasteiger partial charge in [0.2, 0.25) is 0 Å². The van der Waals surface area contributed by atoms with Crippen molar-refractivity contribution < 1.29 is 9.15 Å². The first kappa shape index (κ1) is 15.6. The van der Waals surface area contributed by atoms with Gasteiger partial charge in [0.15, 0.2) is 12.2 Å². The van der Waals surface area contributed by atoms with Crippen LogP contribution in [0, 0.1) is 18.3 Å². The van der Waals surface area contributed by atoms with Crippen LogP contribution in [0.2, 0.25) is 0 Å². The van der Waals surface area contributed by atoms with Gasteiger partial charge in [0.25, 0.3) is 0 Å². The number of nitrogens with one attached hydrogen (secondary N) is 1. The van der Waals surface area contributed by atoms with Crippen LogP contribution in [0.1, 0.15) is 34.8 Å². The zero-order valence-corrected chi connectivity index (χ0v) is 14.7. The molecule has 2 aromatic carbocycles. The highest BCUT2D eigenvalue weighted by Gasteiger charge is 2.27. The van der Waals surface area contributed by atoms with Crippen molar-refractivity contribution in [2.24, 2.45) is 0 Å². The molecule has 1 aliphatic rings. The van der Waals surface area contributed by atoms with E-state index in [1.807, 2.05) is 37.3 Å². The van der Waals surface area contributed by atoms with Crippen LogP contribution >= 0.6 is 0 Å². The molecule has 0 saturated heterocycles. The molecular weight excluding hydrogens is 340 g/mol. The van der Waals surface area contributed by atoms with Gasteiger partial charge in [0, 0.05) is 5.39 Å². The van der Waals surface area contributed by atoms with Crippen LogP contribution in [0.3, 0.4) is 0 Å². The number of H-pyrrole nitrogens is 1. The monoisotopic (exact) mass is 356 g/mol. The Labute approximate surface area is 155 Å². The SMILES string of the molecule is Cc1cc(C#N)cc2c1C(Oc1ccc3[nH]nc(-c4cnco4)c3c1)CC2. The summed E-state index contributed by atoms with van der Waals surface area (Å²) in [6.07, 6.45) is 4.86. The maximum atomic E-state index is 9.18.